The van der Waals surface area contributed by atoms with Crippen molar-refractivity contribution in [2.45, 2.75) is 26.6 Å². The molecule has 0 amide bonds. The molecule has 0 spiro atoms. The van der Waals surface area contributed by atoms with E-state index in [1.165, 1.54) is 6.08 Å². The maximum atomic E-state index is 11.8. The molecule has 94 valence electrons. The monoisotopic (exact) mass is 246 g/mol. The molecule has 0 unspecified atom stereocenters. The zero-order valence-corrected chi connectivity index (χ0v) is 10.3. The van der Waals surface area contributed by atoms with Crippen LogP contribution in [0.25, 0.3) is 6.08 Å². The molecule has 0 N–H and O–H groups in total. The number of carbonyl (C=O) groups is 2. The minimum atomic E-state index is -0.647. The molecule has 1 aliphatic rings. The van der Waals surface area contributed by atoms with E-state index in [-0.39, 0.29) is 18.3 Å². The molecule has 1 aromatic carbocycles. The van der Waals surface area contributed by atoms with Crippen molar-refractivity contribution in [1.82, 2.24) is 0 Å². The van der Waals surface area contributed by atoms with Crippen molar-refractivity contribution < 1.29 is 19.1 Å². The summed E-state index contributed by atoms with van der Waals surface area (Å²) in [6, 6.07) is 7.39. The third-order valence-corrected chi connectivity index (χ3v) is 2.50. The number of cyclic esters (lactones) is 1. The largest absolute Gasteiger partial charge is 0.459 e. The molecule has 0 bridgehead atoms. The van der Waals surface area contributed by atoms with Gasteiger partial charge in [-0.1, -0.05) is 24.3 Å². The third kappa shape index (κ3) is 2.59. The van der Waals surface area contributed by atoms with Gasteiger partial charge in [0, 0.05) is 0 Å². The van der Waals surface area contributed by atoms with Crippen molar-refractivity contribution in [3.63, 3.8) is 0 Å². The predicted octanol–water partition coefficient (Wildman–Crippen LogP) is 2.08. The fourth-order valence-corrected chi connectivity index (χ4v) is 1.66. The molecule has 18 heavy (non-hydrogen) atoms. The summed E-state index contributed by atoms with van der Waals surface area (Å²) in [4.78, 5) is 23.5. The number of hydrogen-bond donors (Lipinski definition) is 0. The first kappa shape index (κ1) is 12.4. The zero-order chi connectivity index (χ0) is 13.1. The molecule has 4 heteroatoms. The first-order chi connectivity index (χ1) is 8.58. The lowest BCUT2D eigenvalue weighted by Crippen LogP contribution is -2.19. The van der Waals surface area contributed by atoms with Gasteiger partial charge in [-0.05, 0) is 31.1 Å². The molecule has 0 atom stereocenters. The molecule has 0 fully saturated rings. The highest BCUT2D eigenvalue weighted by Crippen LogP contribution is 2.20. The van der Waals surface area contributed by atoms with Gasteiger partial charge in [-0.3, -0.25) is 0 Å². The van der Waals surface area contributed by atoms with Crippen LogP contribution in [0.4, 0.5) is 0 Å². The molecule has 1 aromatic rings. The van der Waals surface area contributed by atoms with Gasteiger partial charge in [0.05, 0.1) is 6.10 Å². The molecule has 0 radical (unpaired) electrons. The molecule has 0 saturated carbocycles. The van der Waals surface area contributed by atoms with E-state index in [0.717, 1.165) is 11.1 Å². The lowest BCUT2D eigenvalue weighted by Gasteiger charge is -2.08. The predicted molar refractivity (Wildman–Crippen MR) is 65.4 cm³/mol. The minimum Gasteiger partial charge on any atom is -0.459 e. The van der Waals surface area contributed by atoms with Crippen molar-refractivity contribution in [2.24, 2.45) is 0 Å². The van der Waals surface area contributed by atoms with Crippen LogP contribution in [0, 0.1) is 0 Å². The van der Waals surface area contributed by atoms with Crippen molar-refractivity contribution in [1.29, 1.82) is 0 Å². The van der Waals surface area contributed by atoms with Crippen LogP contribution < -0.4 is 0 Å². The summed E-state index contributed by atoms with van der Waals surface area (Å²) in [5.74, 6) is -1.29. The van der Waals surface area contributed by atoms with E-state index in [4.69, 9.17) is 9.47 Å². The van der Waals surface area contributed by atoms with Crippen molar-refractivity contribution >= 4 is 18.0 Å². The van der Waals surface area contributed by atoms with E-state index in [1.54, 1.807) is 13.8 Å². The van der Waals surface area contributed by atoms with Crippen LogP contribution in [-0.4, -0.2) is 18.0 Å². The summed E-state index contributed by atoms with van der Waals surface area (Å²) >= 11 is 0. The normalized spacial score (nSPS) is 14.4. The molecule has 1 heterocycles. The summed E-state index contributed by atoms with van der Waals surface area (Å²) < 4.78 is 10.1. The van der Waals surface area contributed by atoms with Crippen LogP contribution in [-0.2, 0) is 25.7 Å². The minimum absolute atomic E-state index is 0.0614. The van der Waals surface area contributed by atoms with Crippen LogP contribution >= 0.6 is 0 Å². The van der Waals surface area contributed by atoms with Crippen LogP contribution in [0.2, 0.25) is 0 Å². The van der Waals surface area contributed by atoms with Gasteiger partial charge >= 0.3 is 11.9 Å². The number of carbonyl (C=O) groups excluding carboxylic acids is 2. The summed E-state index contributed by atoms with van der Waals surface area (Å²) in [5.41, 5.74) is 1.62. The molecular formula is C14H14O4. The first-order valence-electron chi connectivity index (χ1n) is 5.75. The lowest BCUT2D eigenvalue weighted by atomic mass is 10.1. The number of ether oxygens (including phenoxy) is 2. The number of esters is 2. The third-order valence-electron chi connectivity index (χ3n) is 2.50. The highest BCUT2D eigenvalue weighted by molar-refractivity contribution is 6.18. The van der Waals surface area contributed by atoms with E-state index in [2.05, 4.69) is 0 Å². The quantitative estimate of drug-likeness (QED) is 0.592. The van der Waals surface area contributed by atoms with E-state index in [1.807, 2.05) is 24.3 Å². The Morgan fingerprint density at radius 1 is 1.33 bits per heavy atom. The summed E-state index contributed by atoms with van der Waals surface area (Å²) in [6.07, 6.45) is 1.25. The van der Waals surface area contributed by atoms with Gasteiger partial charge in [0.1, 0.15) is 12.2 Å². The smallest absolute Gasteiger partial charge is 0.345 e. The molecule has 0 aromatic heterocycles. The van der Waals surface area contributed by atoms with E-state index < -0.39 is 11.9 Å². The highest BCUT2D eigenvalue weighted by atomic mass is 16.6. The second-order valence-corrected chi connectivity index (χ2v) is 4.29. The Hall–Kier alpha value is -2.10. The summed E-state index contributed by atoms with van der Waals surface area (Å²) in [6.45, 7) is 3.63. The number of hydrogen-bond acceptors (Lipinski definition) is 4. The van der Waals surface area contributed by atoms with E-state index in [9.17, 15) is 9.59 Å². The van der Waals surface area contributed by atoms with Gasteiger partial charge in [0.25, 0.3) is 0 Å². The van der Waals surface area contributed by atoms with E-state index in [0.29, 0.717) is 0 Å². The SMILES string of the molecule is CC(C)OC(=O)C1=Cc2ccccc2COC1=O. The molecule has 0 saturated heterocycles. The van der Waals surface area contributed by atoms with Crippen molar-refractivity contribution in [3.05, 3.63) is 41.0 Å². The second-order valence-electron chi connectivity index (χ2n) is 4.29. The maximum absolute atomic E-state index is 11.8. The van der Waals surface area contributed by atoms with E-state index >= 15 is 0 Å². The van der Waals surface area contributed by atoms with Crippen LogP contribution in [0.1, 0.15) is 25.0 Å². The standard InChI is InChI=1S/C14H14O4/c1-9(2)18-14(16)12-7-10-5-3-4-6-11(10)8-17-13(12)15/h3-7,9H,8H2,1-2H3. The first-order valence-corrected chi connectivity index (χ1v) is 5.75. The average Bonchev–Trinajstić information content (AvgIpc) is 2.48. The molecule has 4 nitrogen and oxygen atoms in total. The fourth-order valence-electron chi connectivity index (χ4n) is 1.66. The molecule has 2 rings (SSSR count). The fraction of sp³-hybridized carbons (Fsp3) is 0.286. The van der Waals surface area contributed by atoms with Gasteiger partial charge in [0.2, 0.25) is 0 Å². The van der Waals surface area contributed by atoms with Gasteiger partial charge in [-0.2, -0.15) is 0 Å². The van der Waals surface area contributed by atoms with Gasteiger partial charge in [0.15, 0.2) is 0 Å². The Balaban J connectivity index is 2.36. The lowest BCUT2D eigenvalue weighted by molar-refractivity contribution is -0.149. The number of benzene rings is 1. The van der Waals surface area contributed by atoms with Crippen LogP contribution in [0.5, 0.6) is 0 Å². The Kier molecular flexibility index (Phi) is 3.46. The molecular weight excluding hydrogens is 232 g/mol. The summed E-state index contributed by atoms with van der Waals surface area (Å²) in [5, 5.41) is 0. The maximum Gasteiger partial charge on any atom is 0.345 e. The number of rotatable bonds is 2. The van der Waals surface area contributed by atoms with Gasteiger partial charge in [-0.25, -0.2) is 9.59 Å². The topological polar surface area (TPSA) is 52.6 Å². The average molecular weight is 246 g/mol. The Bertz CT molecular complexity index is 514. The van der Waals surface area contributed by atoms with Crippen LogP contribution in [0.3, 0.4) is 0 Å². The summed E-state index contributed by atoms with van der Waals surface area (Å²) in [7, 11) is 0. The second kappa shape index (κ2) is 5.04. The van der Waals surface area contributed by atoms with Gasteiger partial charge in [-0.15, -0.1) is 0 Å². The van der Waals surface area contributed by atoms with Crippen molar-refractivity contribution in [3.8, 4) is 0 Å². The highest BCUT2D eigenvalue weighted by Gasteiger charge is 2.25. The van der Waals surface area contributed by atoms with Gasteiger partial charge < -0.3 is 9.47 Å². The Labute approximate surface area is 105 Å². The molecule has 1 aliphatic heterocycles. The molecule has 0 aliphatic carbocycles. The Morgan fingerprint density at radius 2 is 2.06 bits per heavy atom. The zero-order valence-electron chi connectivity index (χ0n) is 10.3. The number of fused-ring (bicyclic) bond motifs is 1. The van der Waals surface area contributed by atoms with Crippen LogP contribution in [0.15, 0.2) is 29.8 Å². The van der Waals surface area contributed by atoms with Crippen molar-refractivity contribution in [2.75, 3.05) is 0 Å². The Morgan fingerprint density at radius 3 is 2.78 bits per heavy atom.